The molecule has 5 heteroatoms. The number of benzene rings is 1. The molecule has 5 nitrogen and oxygen atoms in total. The number of aromatic nitrogens is 2. The van der Waals surface area contributed by atoms with Crippen LogP contribution < -0.4 is 5.32 Å². The lowest BCUT2D eigenvalue weighted by molar-refractivity contribution is -0.139. The Labute approximate surface area is 304 Å². The monoisotopic (exact) mass is 682 g/mol. The number of allylic oxidation sites excluding steroid dienone is 2. The summed E-state index contributed by atoms with van der Waals surface area (Å²) in [6, 6.07) is 18.2. The molecule has 0 saturated heterocycles. The predicted octanol–water partition coefficient (Wildman–Crippen LogP) is 11.8. The summed E-state index contributed by atoms with van der Waals surface area (Å²) in [5, 5.41) is 13.9. The second-order valence-corrected chi connectivity index (χ2v) is 14.2. The number of carbonyl (C=O) groups is 1. The first-order valence-corrected chi connectivity index (χ1v) is 20.2. The van der Waals surface area contributed by atoms with Gasteiger partial charge in [-0.15, -0.1) is 0 Å². The van der Waals surface area contributed by atoms with Crippen LogP contribution in [0.15, 0.2) is 91.5 Å². The Balaban J connectivity index is 1.20. The lowest BCUT2D eigenvalue weighted by atomic mass is 9.88. The van der Waals surface area contributed by atoms with Crippen LogP contribution in [0.2, 0.25) is 0 Å². The van der Waals surface area contributed by atoms with Gasteiger partial charge in [-0.3, -0.25) is 14.8 Å². The van der Waals surface area contributed by atoms with Gasteiger partial charge in [-0.1, -0.05) is 151 Å². The third kappa shape index (κ3) is 19.8. The van der Waals surface area contributed by atoms with Crippen LogP contribution >= 0.6 is 0 Å². The molecule has 3 aromatic rings. The highest BCUT2D eigenvalue weighted by molar-refractivity contribution is 5.77. The van der Waals surface area contributed by atoms with Gasteiger partial charge in [-0.25, -0.2) is 0 Å². The third-order valence-corrected chi connectivity index (χ3v) is 9.97. The van der Waals surface area contributed by atoms with Gasteiger partial charge in [-0.05, 0) is 86.7 Å². The van der Waals surface area contributed by atoms with E-state index in [2.05, 4.69) is 39.6 Å². The van der Waals surface area contributed by atoms with E-state index < -0.39 is 11.9 Å². The van der Waals surface area contributed by atoms with Crippen LogP contribution in [0.4, 0.5) is 0 Å². The van der Waals surface area contributed by atoms with Crippen molar-refractivity contribution in [1.29, 1.82) is 0 Å². The van der Waals surface area contributed by atoms with E-state index >= 15 is 0 Å². The molecule has 0 aliphatic carbocycles. The Kier molecular flexibility index (Phi) is 23.3. The SMILES string of the molecule is O=C(O)[C@H](c1ccccc1)[C@@H](CCCCCCCCC/C=C\CCc1cccnc1)NCCCCCCCCCCCCCc1cccnc1. The first kappa shape index (κ1) is 41.1. The summed E-state index contributed by atoms with van der Waals surface area (Å²) in [6.45, 7) is 0.901. The minimum atomic E-state index is -0.715. The van der Waals surface area contributed by atoms with Crippen LogP contribution in [-0.2, 0) is 17.6 Å². The largest absolute Gasteiger partial charge is 0.481 e. The van der Waals surface area contributed by atoms with Crippen LogP contribution in [0, 0.1) is 0 Å². The summed E-state index contributed by atoms with van der Waals surface area (Å²) in [4.78, 5) is 20.9. The quantitative estimate of drug-likeness (QED) is 0.0522. The molecule has 0 amide bonds. The van der Waals surface area contributed by atoms with Gasteiger partial charge >= 0.3 is 5.97 Å². The molecular formula is C45H67N3O2. The van der Waals surface area contributed by atoms with Crippen LogP contribution in [0.3, 0.4) is 0 Å². The highest BCUT2D eigenvalue weighted by Crippen LogP contribution is 2.25. The van der Waals surface area contributed by atoms with E-state index in [1.165, 1.54) is 120 Å². The number of nitrogens with zero attached hydrogens (tertiary/aromatic N) is 2. The van der Waals surface area contributed by atoms with Crippen LogP contribution in [0.5, 0.6) is 0 Å². The number of carboxylic acids is 1. The minimum absolute atomic E-state index is 0.0239. The first-order chi connectivity index (χ1) is 24.7. The van der Waals surface area contributed by atoms with Gasteiger partial charge < -0.3 is 10.4 Å². The van der Waals surface area contributed by atoms with Crippen molar-refractivity contribution in [1.82, 2.24) is 15.3 Å². The minimum Gasteiger partial charge on any atom is -0.481 e. The number of unbranched alkanes of at least 4 members (excludes halogenated alkanes) is 17. The molecule has 2 atom stereocenters. The number of aliphatic carboxylic acids is 1. The number of nitrogens with one attached hydrogen (secondary N) is 1. The standard InChI is InChI=1S/C45H67N3O2/c49-45(50)44(42-32-22-19-23-33-42)43(34-24-17-13-9-5-1-3-7-11-15-20-28-40-30-26-35-46-38-40)48-37-25-18-14-10-6-2-4-8-12-16-21-29-41-31-27-36-47-39-41/h11,15,19,22-23,26-27,30-33,35-36,38-39,43-44,48H,1-10,12-14,16-18,20-21,24-25,28-29,34,37H2,(H,49,50)/b15-11-/t43-,44-/m1/s1. The smallest absolute Gasteiger partial charge is 0.312 e. The highest BCUT2D eigenvalue weighted by Gasteiger charge is 2.29. The first-order valence-electron chi connectivity index (χ1n) is 20.2. The summed E-state index contributed by atoms with van der Waals surface area (Å²) >= 11 is 0. The lowest BCUT2D eigenvalue weighted by Crippen LogP contribution is -2.39. The van der Waals surface area contributed by atoms with Crippen LogP contribution in [-0.4, -0.2) is 33.6 Å². The van der Waals surface area contributed by atoms with Gasteiger partial charge in [0, 0.05) is 30.8 Å². The Bertz CT molecular complexity index is 1230. The van der Waals surface area contributed by atoms with E-state index in [0.29, 0.717) is 0 Å². The summed E-state index contributed by atoms with van der Waals surface area (Å²) in [5.41, 5.74) is 3.58. The van der Waals surface area contributed by atoms with Crippen molar-refractivity contribution in [3.63, 3.8) is 0 Å². The number of hydrogen-bond acceptors (Lipinski definition) is 4. The van der Waals surface area contributed by atoms with E-state index in [4.69, 9.17) is 0 Å². The van der Waals surface area contributed by atoms with Crippen molar-refractivity contribution in [2.75, 3.05) is 6.54 Å². The molecule has 0 fully saturated rings. The van der Waals surface area contributed by atoms with Gasteiger partial charge in [0.2, 0.25) is 0 Å². The fourth-order valence-corrected chi connectivity index (χ4v) is 7.01. The maximum atomic E-state index is 12.5. The molecule has 0 aliphatic rings. The zero-order valence-electron chi connectivity index (χ0n) is 31.0. The molecule has 2 aromatic heterocycles. The Morgan fingerprint density at radius 3 is 1.68 bits per heavy atom. The Morgan fingerprint density at radius 2 is 1.10 bits per heavy atom. The summed E-state index contributed by atoms with van der Waals surface area (Å²) in [6.07, 6.45) is 40.6. The van der Waals surface area contributed by atoms with E-state index in [0.717, 1.165) is 50.6 Å². The maximum absolute atomic E-state index is 12.5. The molecule has 1 aromatic carbocycles. The number of pyridine rings is 2. The predicted molar refractivity (Wildman–Crippen MR) is 211 cm³/mol. The van der Waals surface area contributed by atoms with Gasteiger partial charge in [0.1, 0.15) is 0 Å². The molecule has 0 bridgehead atoms. The van der Waals surface area contributed by atoms with E-state index in [-0.39, 0.29) is 6.04 Å². The number of hydrogen-bond donors (Lipinski definition) is 2. The van der Waals surface area contributed by atoms with Crippen molar-refractivity contribution >= 4 is 5.97 Å². The number of aryl methyl sites for hydroxylation is 2. The third-order valence-electron chi connectivity index (χ3n) is 9.97. The van der Waals surface area contributed by atoms with E-state index in [9.17, 15) is 9.90 Å². The van der Waals surface area contributed by atoms with E-state index in [1.807, 2.05) is 67.3 Å². The molecule has 0 aliphatic heterocycles. The van der Waals surface area contributed by atoms with Crippen molar-refractivity contribution in [2.45, 2.75) is 160 Å². The summed E-state index contributed by atoms with van der Waals surface area (Å²) in [5.74, 6) is -1.21. The van der Waals surface area contributed by atoms with Crippen molar-refractivity contribution in [3.8, 4) is 0 Å². The number of rotatable bonds is 31. The van der Waals surface area contributed by atoms with Gasteiger partial charge in [0.25, 0.3) is 0 Å². The van der Waals surface area contributed by atoms with Crippen LogP contribution in [0.1, 0.15) is 157 Å². The molecule has 274 valence electrons. The van der Waals surface area contributed by atoms with E-state index in [1.54, 1.807) is 0 Å². The molecule has 3 rings (SSSR count). The highest BCUT2D eigenvalue weighted by atomic mass is 16.4. The molecule has 2 heterocycles. The average molecular weight is 682 g/mol. The van der Waals surface area contributed by atoms with Crippen molar-refractivity contribution in [3.05, 3.63) is 108 Å². The maximum Gasteiger partial charge on any atom is 0.312 e. The average Bonchev–Trinajstić information content (AvgIpc) is 3.14. The fourth-order valence-electron chi connectivity index (χ4n) is 7.01. The zero-order chi connectivity index (χ0) is 35.2. The van der Waals surface area contributed by atoms with Crippen molar-refractivity contribution < 1.29 is 9.90 Å². The zero-order valence-corrected chi connectivity index (χ0v) is 31.0. The van der Waals surface area contributed by atoms with Gasteiger partial charge in [0.15, 0.2) is 0 Å². The topological polar surface area (TPSA) is 75.1 Å². The summed E-state index contributed by atoms with van der Waals surface area (Å²) in [7, 11) is 0. The summed E-state index contributed by atoms with van der Waals surface area (Å²) < 4.78 is 0. The van der Waals surface area contributed by atoms with Crippen molar-refractivity contribution in [2.24, 2.45) is 0 Å². The molecule has 0 saturated carbocycles. The normalized spacial score (nSPS) is 12.7. The molecule has 0 radical (unpaired) electrons. The molecular weight excluding hydrogens is 615 g/mol. The Hall–Kier alpha value is -3.31. The lowest BCUT2D eigenvalue weighted by Gasteiger charge is -2.26. The van der Waals surface area contributed by atoms with Gasteiger partial charge in [0.05, 0.1) is 5.92 Å². The number of carboxylic acid groups (broad SMARTS) is 1. The van der Waals surface area contributed by atoms with Gasteiger partial charge in [-0.2, -0.15) is 0 Å². The second-order valence-electron chi connectivity index (χ2n) is 14.2. The Morgan fingerprint density at radius 1 is 0.580 bits per heavy atom. The van der Waals surface area contributed by atoms with Crippen LogP contribution in [0.25, 0.3) is 0 Å². The molecule has 2 N–H and O–H groups in total. The fraction of sp³-hybridized carbons (Fsp3) is 0.578. The second kappa shape index (κ2) is 28.4. The molecule has 0 spiro atoms. The molecule has 0 unspecified atom stereocenters. The molecule has 50 heavy (non-hydrogen) atoms.